The Hall–Kier alpha value is -2.44. The van der Waals surface area contributed by atoms with Crippen molar-refractivity contribution in [1.29, 1.82) is 0 Å². The number of carbonyl (C=O) groups is 3. The first-order valence-corrected chi connectivity index (χ1v) is 10.8. The zero-order valence-electron chi connectivity index (χ0n) is 17.3. The van der Waals surface area contributed by atoms with Gasteiger partial charge in [0, 0.05) is 43.8 Å². The molecule has 0 radical (unpaired) electrons. The lowest BCUT2D eigenvalue weighted by Gasteiger charge is -2.26. The van der Waals surface area contributed by atoms with E-state index in [9.17, 15) is 14.4 Å². The number of rotatable bonds is 8. The van der Waals surface area contributed by atoms with Crippen LogP contribution in [0.5, 0.6) is 0 Å². The van der Waals surface area contributed by atoms with Crippen molar-refractivity contribution in [2.24, 2.45) is 5.92 Å². The normalized spacial score (nSPS) is 31.5. The van der Waals surface area contributed by atoms with Gasteiger partial charge in [-0.05, 0) is 37.2 Å². The largest absolute Gasteiger partial charge is 0.469 e. The fourth-order valence-corrected chi connectivity index (χ4v) is 5.23. The Morgan fingerprint density at radius 2 is 1.97 bits per heavy atom. The number of carbonyl (C=O) groups excluding carboxylic acids is 3. The minimum atomic E-state index is -1.78. The molecule has 0 unspecified atom stereocenters. The zero-order chi connectivity index (χ0) is 21.3. The minimum absolute atomic E-state index is 0.00233. The van der Waals surface area contributed by atoms with Gasteiger partial charge in [-0.25, -0.2) is 4.39 Å². The summed E-state index contributed by atoms with van der Waals surface area (Å²) in [4.78, 5) is 38.1. The molecule has 0 spiro atoms. The van der Waals surface area contributed by atoms with Crippen LogP contribution in [0, 0.1) is 5.92 Å². The van der Waals surface area contributed by atoms with Crippen molar-refractivity contribution in [2.45, 2.75) is 68.6 Å². The maximum atomic E-state index is 15.4. The van der Waals surface area contributed by atoms with Gasteiger partial charge in [0.05, 0.1) is 7.11 Å². The van der Waals surface area contributed by atoms with E-state index < -0.39 is 5.67 Å². The second-order valence-electron chi connectivity index (χ2n) is 8.77. The predicted octanol–water partition coefficient (Wildman–Crippen LogP) is 2.72. The van der Waals surface area contributed by atoms with E-state index in [-0.39, 0.29) is 61.0 Å². The van der Waals surface area contributed by atoms with Gasteiger partial charge in [-0.1, -0.05) is 30.3 Å². The first-order valence-electron chi connectivity index (χ1n) is 10.8. The highest BCUT2D eigenvalue weighted by molar-refractivity contribution is 5.91. The summed E-state index contributed by atoms with van der Waals surface area (Å²) in [5, 5.41) is 2.93. The Balaban J connectivity index is 1.29. The second-order valence-corrected chi connectivity index (χ2v) is 8.77. The van der Waals surface area contributed by atoms with Gasteiger partial charge in [-0.3, -0.25) is 14.4 Å². The molecule has 1 aromatic rings. The lowest BCUT2D eigenvalue weighted by molar-refractivity contribution is -0.141. The summed E-state index contributed by atoms with van der Waals surface area (Å²) >= 11 is 0. The Morgan fingerprint density at radius 1 is 1.20 bits per heavy atom. The van der Waals surface area contributed by atoms with Gasteiger partial charge in [-0.15, -0.1) is 0 Å². The number of alkyl halides is 1. The fourth-order valence-electron chi connectivity index (χ4n) is 5.23. The maximum Gasteiger partial charge on any atom is 0.305 e. The zero-order valence-corrected chi connectivity index (χ0v) is 17.3. The summed E-state index contributed by atoms with van der Waals surface area (Å²) in [7, 11) is 1.33. The van der Waals surface area contributed by atoms with Gasteiger partial charge >= 0.3 is 5.97 Å². The fraction of sp³-hybridized carbons (Fsp3) is 0.609. The molecule has 1 saturated carbocycles. The molecule has 7 heteroatoms. The third-order valence-electron chi connectivity index (χ3n) is 6.92. The number of hydrogen-bond donors (Lipinski definition) is 1. The summed E-state index contributed by atoms with van der Waals surface area (Å²) in [5.74, 6) is -0.975. The second kappa shape index (κ2) is 8.36. The molecule has 1 N–H and O–H groups in total. The van der Waals surface area contributed by atoms with Gasteiger partial charge in [0.2, 0.25) is 5.91 Å². The van der Waals surface area contributed by atoms with Crippen LogP contribution in [0.4, 0.5) is 4.39 Å². The van der Waals surface area contributed by atoms with Crippen molar-refractivity contribution in [3.8, 4) is 0 Å². The summed E-state index contributed by atoms with van der Waals surface area (Å²) in [6, 6.07) is 9.50. The van der Waals surface area contributed by atoms with E-state index in [0.29, 0.717) is 13.0 Å². The first kappa shape index (κ1) is 20.8. The first-order chi connectivity index (χ1) is 14.4. The smallest absolute Gasteiger partial charge is 0.305 e. The third-order valence-corrected chi connectivity index (χ3v) is 6.92. The molecular formula is C23H29FN2O4. The van der Waals surface area contributed by atoms with Crippen molar-refractivity contribution in [3.63, 3.8) is 0 Å². The van der Waals surface area contributed by atoms with E-state index in [1.165, 1.54) is 7.11 Å². The molecule has 3 aliphatic rings. The van der Waals surface area contributed by atoms with Gasteiger partial charge < -0.3 is 15.0 Å². The highest BCUT2D eigenvalue weighted by atomic mass is 19.1. The minimum Gasteiger partial charge on any atom is -0.469 e. The van der Waals surface area contributed by atoms with E-state index in [0.717, 1.165) is 24.8 Å². The average molecular weight is 416 g/mol. The standard InChI is InChI=1S/C23H29FN2O4/c1-30-21(28)9-5-8-20(27)25-14-16-12-17-10-11-19(16)26(17)22(29)23(24)13-18(23)15-6-3-2-4-7-15/h2-4,6-7,16-19H,5,8-14H2,1H3,(H,25,27)/t16-,17+,18-,19-,23-/m0/s1. The Bertz CT molecular complexity index is 817. The van der Waals surface area contributed by atoms with Gasteiger partial charge in [-0.2, -0.15) is 0 Å². The van der Waals surface area contributed by atoms with Crippen molar-refractivity contribution in [1.82, 2.24) is 10.2 Å². The number of hydrogen-bond acceptors (Lipinski definition) is 4. The maximum absolute atomic E-state index is 15.4. The number of ether oxygens (including phenoxy) is 1. The molecule has 6 nitrogen and oxygen atoms in total. The number of methoxy groups -OCH3 is 1. The molecule has 30 heavy (non-hydrogen) atoms. The van der Waals surface area contributed by atoms with Gasteiger partial charge in [0.15, 0.2) is 5.67 Å². The molecule has 1 aliphatic carbocycles. The summed E-state index contributed by atoms with van der Waals surface area (Å²) in [6.07, 6.45) is 3.78. The SMILES string of the molecule is COC(=O)CCCC(=O)NC[C@@H]1C[C@H]2CC[C@@H]1N2C(=O)[C@]1(F)C[C@H]1c1ccccc1. The molecule has 2 aliphatic heterocycles. The van der Waals surface area contributed by atoms with Crippen LogP contribution in [0.15, 0.2) is 30.3 Å². The van der Waals surface area contributed by atoms with E-state index in [1.807, 2.05) is 30.3 Å². The van der Waals surface area contributed by atoms with E-state index in [2.05, 4.69) is 10.1 Å². The molecule has 3 fully saturated rings. The van der Waals surface area contributed by atoms with Crippen LogP contribution in [0.2, 0.25) is 0 Å². The number of amides is 2. The molecule has 2 bridgehead atoms. The quantitative estimate of drug-likeness (QED) is 0.661. The lowest BCUT2D eigenvalue weighted by Crippen LogP contribution is -2.44. The van der Waals surface area contributed by atoms with Crippen molar-refractivity contribution in [3.05, 3.63) is 35.9 Å². The molecule has 0 aromatic heterocycles. The van der Waals surface area contributed by atoms with Crippen LogP contribution < -0.4 is 5.32 Å². The predicted molar refractivity (Wildman–Crippen MR) is 108 cm³/mol. The monoisotopic (exact) mass is 416 g/mol. The van der Waals surface area contributed by atoms with E-state index in [1.54, 1.807) is 4.90 Å². The van der Waals surface area contributed by atoms with Gasteiger partial charge in [0.1, 0.15) is 0 Å². The summed E-state index contributed by atoms with van der Waals surface area (Å²) in [5.41, 5.74) is -0.899. The topological polar surface area (TPSA) is 75.7 Å². The third kappa shape index (κ3) is 3.94. The number of fused-ring (bicyclic) bond motifs is 2. The molecule has 4 rings (SSSR count). The number of benzene rings is 1. The number of esters is 1. The molecule has 2 heterocycles. The molecular weight excluding hydrogens is 387 g/mol. The summed E-state index contributed by atoms with van der Waals surface area (Å²) < 4.78 is 20.0. The molecule has 162 valence electrons. The number of nitrogens with zero attached hydrogens (tertiary/aromatic N) is 1. The molecule has 5 atom stereocenters. The van der Waals surface area contributed by atoms with Crippen molar-refractivity contribution < 1.29 is 23.5 Å². The van der Waals surface area contributed by atoms with Crippen LogP contribution in [0.3, 0.4) is 0 Å². The summed E-state index contributed by atoms with van der Waals surface area (Å²) in [6.45, 7) is 0.489. The van der Waals surface area contributed by atoms with Crippen LogP contribution in [0.1, 0.15) is 56.4 Å². The molecule has 2 amide bonds. The van der Waals surface area contributed by atoms with Crippen LogP contribution in [-0.4, -0.2) is 54.1 Å². The van der Waals surface area contributed by atoms with Crippen molar-refractivity contribution in [2.75, 3.05) is 13.7 Å². The van der Waals surface area contributed by atoms with Gasteiger partial charge in [0.25, 0.3) is 5.91 Å². The Labute approximate surface area is 176 Å². The lowest BCUT2D eigenvalue weighted by atomic mass is 9.89. The number of halogens is 1. The van der Waals surface area contributed by atoms with Crippen LogP contribution >= 0.6 is 0 Å². The van der Waals surface area contributed by atoms with Crippen LogP contribution in [-0.2, 0) is 19.1 Å². The van der Waals surface area contributed by atoms with E-state index >= 15 is 4.39 Å². The highest BCUT2D eigenvalue weighted by Gasteiger charge is 2.66. The molecule has 1 aromatic carbocycles. The molecule has 2 saturated heterocycles. The van der Waals surface area contributed by atoms with Crippen molar-refractivity contribution >= 4 is 17.8 Å². The van der Waals surface area contributed by atoms with E-state index in [4.69, 9.17) is 0 Å². The van der Waals surface area contributed by atoms with Crippen LogP contribution in [0.25, 0.3) is 0 Å². The number of nitrogens with one attached hydrogen (secondary N) is 1. The average Bonchev–Trinajstić information content (AvgIpc) is 3.14. The highest BCUT2D eigenvalue weighted by Crippen LogP contribution is 2.57. The Kier molecular flexibility index (Phi) is 5.80. The Morgan fingerprint density at radius 3 is 2.70 bits per heavy atom.